The molecule has 11 heteroatoms. The summed E-state index contributed by atoms with van der Waals surface area (Å²) in [6, 6.07) is 8.63. The molecular formula is C22H21F3N6O2. The Labute approximate surface area is 187 Å². The SMILES string of the molecule is CCn1cc(CNC(=O)c2cc3nc(-c4ccc(OC)cc4)cc(C(F)(F)F)n3n2)c(C)n1. The van der Waals surface area contributed by atoms with Crippen LogP contribution < -0.4 is 10.1 Å². The van der Waals surface area contributed by atoms with Crippen LogP contribution >= 0.6 is 0 Å². The van der Waals surface area contributed by atoms with E-state index >= 15 is 0 Å². The largest absolute Gasteiger partial charge is 0.497 e. The van der Waals surface area contributed by atoms with Gasteiger partial charge in [-0.3, -0.25) is 9.48 Å². The van der Waals surface area contributed by atoms with Gasteiger partial charge in [-0.1, -0.05) is 0 Å². The van der Waals surface area contributed by atoms with Crippen LogP contribution in [0.5, 0.6) is 5.75 Å². The molecule has 3 aromatic heterocycles. The van der Waals surface area contributed by atoms with E-state index in [4.69, 9.17) is 4.74 Å². The van der Waals surface area contributed by atoms with Gasteiger partial charge in [0.1, 0.15) is 5.75 Å². The molecule has 1 aromatic carbocycles. The maximum Gasteiger partial charge on any atom is 0.433 e. The zero-order valence-corrected chi connectivity index (χ0v) is 18.1. The lowest BCUT2D eigenvalue weighted by Gasteiger charge is -2.11. The second kappa shape index (κ2) is 8.57. The van der Waals surface area contributed by atoms with Crippen LogP contribution in [0.4, 0.5) is 13.2 Å². The average Bonchev–Trinajstić information content (AvgIpc) is 3.39. The molecule has 0 saturated carbocycles. The fourth-order valence-electron chi connectivity index (χ4n) is 3.36. The molecule has 1 N–H and O–H groups in total. The summed E-state index contributed by atoms with van der Waals surface area (Å²) < 4.78 is 48.8. The van der Waals surface area contributed by atoms with Gasteiger partial charge in [0.15, 0.2) is 17.0 Å². The van der Waals surface area contributed by atoms with E-state index in [1.807, 2.05) is 20.0 Å². The Hall–Kier alpha value is -3.89. The standard InChI is InChI=1S/C22H21F3N6O2/c1-4-30-12-15(13(2)28-30)11-26-21(32)18-10-20-27-17(14-5-7-16(33-3)8-6-14)9-19(22(23,24)25)31(20)29-18/h5-10,12H,4,11H2,1-3H3,(H,26,32). The van der Waals surface area contributed by atoms with Crippen LogP contribution in [0.1, 0.15) is 34.4 Å². The third kappa shape index (κ3) is 4.52. The molecular weight excluding hydrogens is 437 g/mol. The van der Waals surface area contributed by atoms with Gasteiger partial charge in [-0.05, 0) is 44.2 Å². The highest BCUT2D eigenvalue weighted by molar-refractivity contribution is 5.93. The van der Waals surface area contributed by atoms with Crippen molar-refractivity contribution in [3.63, 3.8) is 0 Å². The quantitative estimate of drug-likeness (QED) is 0.474. The van der Waals surface area contributed by atoms with E-state index in [2.05, 4.69) is 20.5 Å². The normalized spacial score (nSPS) is 11.7. The molecule has 0 saturated heterocycles. The van der Waals surface area contributed by atoms with E-state index in [1.54, 1.807) is 28.9 Å². The van der Waals surface area contributed by atoms with Gasteiger partial charge in [0.25, 0.3) is 5.91 Å². The van der Waals surface area contributed by atoms with Gasteiger partial charge in [-0.15, -0.1) is 0 Å². The smallest absolute Gasteiger partial charge is 0.433 e. The number of hydrogen-bond acceptors (Lipinski definition) is 5. The first kappa shape index (κ1) is 22.3. The number of amides is 1. The van der Waals surface area contributed by atoms with Crippen LogP contribution in [-0.2, 0) is 19.3 Å². The number of fused-ring (bicyclic) bond motifs is 1. The summed E-state index contributed by atoms with van der Waals surface area (Å²) in [5, 5.41) is 10.9. The Morgan fingerprint density at radius 3 is 2.48 bits per heavy atom. The van der Waals surface area contributed by atoms with Gasteiger partial charge in [0.05, 0.1) is 18.5 Å². The third-order valence-electron chi connectivity index (χ3n) is 5.15. The van der Waals surface area contributed by atoms with Crippen LogP contribution in [0, 0.1) is 6.92 Å². The molecule has 33 heavy (non-hydrogen) atoms. The number of carbonyl (C=O) groups is 1. The minimum absolute atomic E-state index is 0.0872. The highest BCUT2D eigenvalue weighted by Gasteiger charge is 2.35. The summed E-state index contributed by atoms with van der Waals surface area (Å²) in [5.41, 5.74) is 0.863. The number of carbonyl (C=O) groups excluding carboxylic acids is 1. The van der Waals surface area contributed by atoms with Gasteiger partial charge in [0.2, 0.25) is 0 Å². The molecule has 4 aromatic rings. The van der Waals surface area contributed by atoms with Crippen LogP contribution in [0.3, 0.4) is 0 Å². The number of hydrogen-bond donors (Lipinski definition) is 1. The molecule has 0 atom stereocenters. The molecule has 0 bridgehead atoms. The number of rotatable bonds is 6. The van der Waals surface area contributed by atoms with Crippen molar-refractivity contribution in [3.05, 3.63) is 65.2 Å². The summed E-state index contributed by atoms with van der Waals surface area (Å²) >= 11 is 0. The number of nitrogens with one attached hydrogen (secondary N) is 1. The van der Waals surface area contributed by atoms with Gasteiger partial charge >= 0.3 is 6.18 Å². The Morgan fingerprint density at radius 1 is 1.15 bits per heavy atom. The van der Waals surface area contributed by atoms with E-state index in [0.29, 0.717) is 22.4 Å². The van der Waals surface area contributed by atoms with Crippen molar-refractivity contribution in [1.82, 2.24) is 29.7 Å². The Morgan fingerprint density at radius 2 is 1.88 bits per heavy atom. The average molecular weight is 458 g/mol. The van der Waals surface area contributed by atoms with Crippen molar-refractivity contribution >= 4 is 11.6 Å². The Kier molecular flexibility index (Phi) is 5.79. The number of aromatic nitrogens is 5. The zero-order valence-electron chi connectivity index (χ0n) is 18.1. The van der Waals surface area contributed by atoms with Gasteiger partial charge in [-0.2, -0.15) is 23.4 Å². The number of methoxy groups -OCH3 is 1. The first-order valence-electron chi connectivity index (χ1n) is 10.1. The molecule has 0 aliphatic carbocycles. The fraction of sp³-hybridized carbons (Fsp3) is 0.273. The van der Waals surface area contributed by atoms with E-state index in [9.17, 15) is 18.0 Å². The predicted molar refractivity (Wildman–Crippen MR) is 114 cm³/mol. The van der Waals surface area contributed by atoms with Crippen molar-refractivity contribution in [2.24, 2.45) is 0 Å². The Bertz CT molecular complexity index is 1310. The molecule has 3 heterocycles. The van der Waals surface area contributed by atoms with E-state index < -0.39 is 17.8 Å². The minimum Gasteiger partial charge on any atom is -0.497 e. The van der Waals surface area contributed by atoms with E-state index in [0.717, 1.165) is 17.3 Å². The summed E-state index contributed by atoms with van der Waals surface area (Å²) in [6.45, 7) is 4.62. The summed E-state index contributed by atoms with van der Waals surface area (Å²) in [7, 11) is 1.50. The number of benzene rings is 1. The monoisotopic (exact) mass is 458 g/mol. The highest BCUT2D eigenvalue weighted by Crippen LogP contribution is 2.32. The van der Waals surface area contributed by atoms with Crippen molar-refractivity contribution in [3.8, 4) is 17.0 Å². The third-order valence-corrected chi connectivity index (χ3v) is 5.15. The van der Waals surface area contributed by atoms with Gasteiger partial charge < -0.3 is 10.1 Å². The molecule has 0 spiro atoms. The Balaban J connectivity index is 1.67. The van der Waals surface area contributed by atoms with Crippen molar-refractivity contribution in [1.29, 1.82) is 0 Å². The summed E-state index contributed by atoms with van der Waals surface area (Å²) in [6.07, 6.45) is -2.89. The number of aryl methyl sites for hydroxylation is 2. The lowest BCUT2D eigenvalue weighted by Crippen LogP contribution is -2.23. The van der Waals surface area contributed by atoms with Crippen molar-refractivity contribution < 1.29 is 22.7 Å². The van der Waals surface area contributed by atoms with Crippen LogP contribution in [0.15, 0.2) is 42.6 Å². The maximum atomic E-state index is 13.8. The van der Waals surface area contributed by atoms with Crippen LogP contribution in [-0.4, -0.2) is 37.4 Å². The fourth-order valence-corrected chi connectivity index (χ4v) is 3.36. The maximum absolute atomic E-state index is 13.8. The first-order chi connectivity index (χ1) is 15.7. The summed E-state index contributed by atoms with van der Waals surface area (Å²) in [4.78, 5) is 16.9. The van der Waals surface area contributed by atoms with E-state index in [-0.39, 0.29) is 23.6 Å². The molecule has 1 amide bonds. The predicted octanol–water partition coefficient (Wildman–Crippen LogP) is 3.88. The van der Waals surface area contributed by atoms with Gasteiger partial charge in [-0.25, -0.2) is 9.50 Å². The molecule has 0 fully saturated rings. The minimum atomic E-state index is -4.70. The lowest BCUT2D eigenvalue weighted by molar-refractivity contribution is -0.142. The molecule has 0 aliphatic rings. The van der Waals surface area contributed by atoms with Crippen LogP contribution in [0.2, 0.25) is 0 Å². The highest BCUT2D eigenvalue weighted by atomic mass is 19.4. The number of ether oxygens (including phenoxy) is 1. The molecule has 0 unspecified atom stereocenters. The van der Waals surface area contributed by atoms with Gasteiger partial charge in [0, 0.05) is 36.5 Å². The molecule has 8 nitrogen and oxygen atoms in total. The number of nitrogens with zero attached hydrogens (tertiary/aromatic N) is 5. The lowest BCUT2D eigenvalue weighted by atomic mass is 10.1. The van der Waals surface area contributed by atoms with E-state index in [1.165, 1.54) is 13.2 Å². The number of halogens is 3. The first-order valence-corrected chi connectivity index (χ1v) is 10.1. The van der Waals surface area contributed by atoms with Crippen LogP contribution in [0.25, 0.3) is 16.9 Å². The second-order valence-corrected chi connectivity index (χ2v) is 7.33. The second-order valence-electron chi connectivity index (χ2n) is 7.33. The van der Waals surface area contributed by atoms with Crippen molar-refractivity contribution in [2.45, 2.75) is 33.1 Å². The number of alkyl halides is 3. The molecule has 0 radical (unpaired) electrons. The molecule has 0 aliphatic heterocycles. The summed E-state index contributed by atoms with van der Waals surface area (Å²) in [5.74, 6) is -0.0397. The van der Waals surface area contributed by atoms with Crippen molar-refractivity contribution in [2.75, 3.05) is 7.11 Å². The molecule has 4 rings (SSSR count). The molecule has 172 valence electrons. The topological polar surface area (TPSA) is 86.3 Å². The zero-order chi connectivity index (χ0) is 23.8.